The van der Waals surface area contributed by atoms with Gasteiger partial charge in [-0.25, -0.2) is 0 Å². The second kappa shape index (κ2) is 7.46. The van der Waals surface area contributed by atoms with Crippen LogP contribution in [0.2, 0.25) is 0 Å². The van der Waals surface area contributed by atoms with Gasteiger partial charge in [0, 0.05) is 11.5 Å². The van der Waals surface area contributed by atoms with Gasteiger partial charge < -0.3 is 14.0 Å². The molecular weight excluding hydrogens is 324 g/mol. The highest BCUT2D eigenvalue weighted by atomic mass is 16.6. The first-order valence-corrected chi connectivity index (χ1v) is 8.41. The van der Waals surface area contributed by atoms with Crippen molar-refractivity contribution in [1.29, 1.82) is 0 Å². The molecule has 0 aliphatic heterocycles. The minimum absolute atomic E-state index is 0.185. The normalized spacial score (nSPS) is 13.7. The summed E-state index contributed by atoms with van der Waals surface area (Å²) in [6.07, 6.45) is 2.13. The molecule has 25 heavy (non-hydrogen) atoms. The van der Waals surface area contributed by atoms with E-state index in [2.05, 4.69) is 10.1 Å². The van der Waals surface area contributed by atoms with Gasteiger partial charge in [0.15, 0.2) is 5.92 Å². The van der Waals surface area contributed by atoms with E-state index in [0.29, 0.717) is 28.8 Å². The van der Waals surface area contributed by atoms with E-state index in [1.54, 1.807) is 38.1 Å². The number of carbonyl (C=O) groups excluding carboxylic acids is 2. The lowest BCUT2D eigenvalue weighted by atomic mass is 9.97. The fraction of sp³-hybridized carbons (Fsp3) is 0.444. The van der Waals surface area contributed by atoms with Crippen molar-refractivity contribution in [3.63, 3.8) is 0 Å². The maximum absolute atomic E-state index is 12.2. The molecule has 7 nitrogen and oxygen atoms in total. The zero-order valence-electron chi connectivity index (χ0n) is 14.2. The number of benzene rings is 1. The van der Waals surface area contributed by atoms with Gasteiger partial charge in [-0.2, -0.15) is 4.98 Å². The average Bonchev–Trinajstić information content (AvgIpc) is 3.33. The molecule has 0 atom stereocenters. The quantitative estimate of drug-likeness (QED) is 0.563. The molecule has 1 aromatic heterocycles. The number of carbonyl (C=O) groups is 2. The maximum atomic E-state index is 12.2. The first-order chi connectivity index (χ1) is 12.1. The van der Waals surface area contributed by atoms with Crippen molar-refractivity contribution >= 4 is 11.9 Å². The first kappa shape index (κ1) is 17.1. The summed E-state index contributed by atoms with van der Waals surface area (Å²) in [5.74, 6) is -0.969. The summed E-state index contributed by atoms with van der Waals surface area (Å²) in [5, 5.41) is 3.99. The molecule has 0 amide bonds. The fourth-order valence-corrected chi connectivity index (χ4v) is 2.53. The van der Waals surface area contributed by atoms with Gasteiger partial charge in [0.25, 0.3) is 0 Å². The number of nitrogens with zero attached hydrogens (tertiary/aromatic N) is 2. The largest absolute Gasteiger partial charge is 0.465 e. The van der Waals surface area contributed by atoms with Crippen LogP contribution in [0.3, 0.4) is 0 Å². The standard InChI is InChI=1S/C18H20N2O5/c1-3-23-17(21)14(18(22)24-4-2)12-6-5-7-13(10-12)15-19-16(25-20-15)11-8-9-11/h5-7,10-11,14H,3-4,8-9H2,1-2H3. The Balaban J connectivity index is 1.90. The Hall–Kier alpha value is -2.70. The molecule has 0 radical (unpaired) electrons. The highest BCUT2D eigenvalue weighted by Gasteiger charge is 2.32. The van der Waals surface area contributed by atoms with Crippen molar-refractivity contribution in [1.82, 2.24) is 10.1 Å². The maximum Gasteiger partial charge on any atom is 0.324 e. The molecule has 3 rings (SSSR count). The van der Waals surface area contributed by atoms with Gasteiger partial charge in [-0.3, -0.25) is 9.59 Å². The molecule has 1 aliphatic carbocycles. The molecule has 7 heteroatoms. The van der Waals surface area contributed by atoms with Crippen LogP contribution in [0, 0.1) is 0 Å². The van der Waals surface area contributed by atoms with E-state index in [9.17, 15) is 9.59 Å². The van der Waals surface area contributed by atoms with Crippen LogP contribution >= 0.6 is 0 Å². The van der Waals surface area contributed by atoms with Crippen molar-refractivity contribution in [3.05, 3.63) is 35.7 Å². The predicted octanol–water partition coefficient (Wildman–Crippen LogP) is 2.82. The van der Waals surface area contributed by atoms with Crippen LogP contribution in [0.25, 0.3) is 11.4 Å². The summed E-state index contributed by atoms with van der Waals surface area (Å²) in [6.45, 7) is 3.75. The molecule has 132 valence electrons. The van der Waals surface area contributed by atoms with E-state index in [0.717, 1.165) is 12.8 Å². The zero-order valence-corrected chi connectivity index (χ0v) is 14.2. The molecule has 2 aromatic rings. The Morgan fingerprint density at radius 3 is 2.48 bits per heavy atom. The Bertz CT molecular complexity index is 748. The minimum atomic E-state index is -1.13. The Kier molecular flexibility index (Phi) is 5.11. The molecule has 1 aromatic carbocycles. The van der Waals surface area contributed by atoms with Gasteiger partial charge in [0.2, 0.25) is 11.7 Å². The molecule has 0 unspecified atom stereocenters. The summed E-state index contributed by atoms with van der Waals surface area (Å²) in [7, 11) is 0. The van der Waals surface area contributed by atoms with Gasteiger partial charge in [-0.15, -0.1) is 0 Å². The lowest BCUT2D eigenvalue weighted by molar-refractivity contribution is -0.156. The lowest BCUT2D eigenvalue weighted by Crippen LogP contribution is -2.26. The highest BCUT2D eigenvalue weighted by Crippen LogP contribution is 2.39. The van der Waals surface area contributed by atoms with E-state index < -0.39 is 17.9 Å². The number of esters is 2. The highest BCUT2D eigenvalue weighted by molar-refractivity contribution is 6.01. The van der Waals surface area contributed by atoms with Gasteiger partial charge in [0.05, 0.1) is 13.2 Å². The molecule has 0 saturated heterocycles. The number of hydrogen-bond donors (Lipinski definition) is 0. The Morgan fingerprint density at radius 1 is 1.20 bits per heavy atom. The van der Waals surface area contributed by atoms with Crippen molar-refractivity contribution in [2.24, 2.45) is 0 Å². The summed E-state index contributed by atoms with van der Waals surface area (Å²) >= 11 is 0. The summed E-state index contributed by atoms with van der Waals surface area (Å²) in [6, 6.07) is 6.92. The van der Waals surface area contributed by atoms with Crippen molar-refractivity contribution in [2.45, 2.75) is 38.5 Å². The predicted molar refractivity (Wildman–Crippen MR) is 87.7 cm³/mol. The number of rotatable bonds is 7. The number of aromatic nitrogens is 2. The van der Waals surface area contributed by atoms with Gasteiger partial charge in [0.1, 0.15) is 0 Å². The molecule has 1 aliphatic rings. The van der Waals surface area contributed by atoms with E-state index in [1.807, 2.05) is 0 Å². The van der Waals surface area contributed by atoms with Crippen LogP contribution in [0.15, 0.2) is 28.8 Å². The Morgan fingerprint density at radius 2 is 1.88 bits per heavy atom. The third-order valence-electron chi connectivity index (χ3n) is 3.89. The van der Waals surface area contributed by atoms with E-state index in [1.165, 1.54) is 0 Å². The molecule has 0 bridgehead atoms. The topological polar surface area (TPSA) is 91.5 Å². The number of hydrogen-bond acceptors (Lipinski definition) is 7. The lowest BCUT2D eigenvalue weighted by Gasteiger charge is -2.15. The minimum Gasteiger partial charge on any atom is -0.465 e. The summed E-state index contributed by atoms with van der Waals surface area (Å²) in [4.78, 5) is 28.9. The average molecular weight is 344 g/mol. The van der Waals surface area contributed by atoms with Gasteiger partial charge >= 0.3 is 11.9 Å². The molecule has 0 spiro atoms. The molecule has 1 heterocycles. The van der Waals surface area contributed by atoms with E-state index in [-0.39, 0.29) is 13.2 Å². The second-order valence-electron chi connectivity index (χ2n) is 5.79. The van der Waals surface area contributed by atoms with E-state index in [4.69, 9.17) is 14.0 Å². The smallest absolute Gasteiger partial charge is 0.324 e. The molecule has 1 saturated carbocycles. The fourth-order valence-electron chi connectivity index (χ4n) is 2.53. The second-order valence-corrected chi connectivity index (χ2v) is 5.79. The molecular formula is C18H20N2O5. The van der Waals surface area contributed by atoms with Crippen molar-refractivity contribution < 1.29 is 23.6 Å². The SMILES string of the molecule is CCOC(=O)C(C(=O)OCC)c1cccc(-c2noc(C3CC3)n2)c1. The van der Waals surface area contributed by atoms with Crippen molar-refractivity contribution in [2.75, 3.05) is 13.2 Å². The van der Waals surface area contributed by atoms with Crippen LogP contribution < -0.4 is 0 Å². The van der Waals surface area contributed by atoms with E-state index >= 15 is 0 Å². The van der Waals surface area contributed by atoms with Crippen LogP contribution in [0.5, 0.6) is 0 Å². The van der Waals surface area contributed by atoms with Crippen molar-refractivity contribution in [3.8, 4) is 11.4 Å². The van der Waals surface area contributed by atoms with Crippen LogP contribution in [-0.2, 0) is 19.1 Å². The number of ether oxygens (including phenoxy) is 2. The molecule has 0 N–H and O–H groups in total. The summed E-state index contributed by atoms with van der Waals surface area (Å²) in [5.41, 5.74) is 1.15. The van der Waals surface area contributed by atoms with Gasteiger partial charge in [-0.1, -0.05) is 23.4 Å². The van der Waals surface area contributed by atoms with Crippen LogP contribution in [0.1, 0.15) is 50.0 Å². The van der Waals surface area contributed by atoms with Crippen LogP contribution in [0.4, 0.5) is 0 Å². The monoisotopic (exact) mass is 344 g/mol. The third kappa shape index (κ3) is 3.87. The van der Waals surface area contributed by atoms with Crippen LogP contribution in [-0.4, -0.2) is 35.3 Å². The van der Waals surface area contributed by atoms with Gasteiger partial charge in [-0.05, 0) is 38.3 Å². The molecule has 1 fully saturated rings. The zero-order chi connectivity index (χ0) is 17.8. The first-order valence-electron chi connectivity index (χ1n) is 8.41. The summed E-state index contributed by atoms with van der Waals surface area (Å²) < 4.78 is 15.3. The third-order valence-corrected chi connectivity index (χ3v) is 3.89. The Labute approximate surface area is 145 Å².